The van der Waals surface area contributed by atoms with Gasteiger partial charge in [0.2, 0.25) is 0 Å². The van der Waals surface area contributed by atoms with E-state index in [4.69, 9.17) is 9.47 Å². The van der Waals surface area contributed by atoms with Gasteiger partial charge >= 0.3 is 0 Å². The molecule has 10 heavy (non-hydrogen) atoms. The lowest BCUT2D eigenvalue weighted by Gasteiger charge is -2.24. The van der Waals surface area contributed by atoms with E-state index < -0.39 is 0 Å². The number of fused-ring (bicyclic) bond motifs is 2. The van der Waals surface area contributed by atoms with Gasteiger partial charge in [0, 0.05) is 0 Å². The highest BCUT2D eigenvalue weighted by atomic mass is 16.7. The van der Waals surface area contributed by atoms with Crippen LogP contribution in [0.2, 0.25) is 0 Å². The molecule has 2 rings (SSSR count). The van der Waals surface area contributed by atoms with Crippen LogP contribution < -0.4 is 0 Å². The summed E-state index contributed by atoms with van der Waals surface area (Å²) in [7, 11) is 0. The van der Waals surface area contributed by atoms with Crippen molar-refractivity contribution >= 4 is 0 Å². The molecule has 2 heterocycles. The molecule has 0 spiro atoms. The lowest BCUT2D eigenvalue weighted by molar-refractivity contribution is -0.0982. The molecule has 0 radical (unpaired) electrons. The molecule has 0 amide bonds. The first-order valence-corrected chi connectivity index (χ1v) is 4.08. The van der Waals surface area contributed by atoms with E-state index in [-0.39, 0.29) is 6.29 Å². The largest absolute Gasteiger partial charge is 0.347 e. The van der Waals surface area contributed by atoms with Crippen molar-refractivity contribution in [2.45, 2.75) is 45.2 Å². The van der Waals surface area contributed by atoms with E-state index in [9.17, 15) is 0 Å². The summed E-state index contributed by atoms with van der Waals surface area (Å²) in [6.07, 6.45) is 3.17. The molecule has 4 atom stereocenters. The summed E-state index contributed by atoms with van der Waals surface area (Å²) < 4.78 is 11.1. The number of rotatable bonds is 0. The molecule has 0 aromatic rings. The zero-order chi connectivity index (χ0) is 7.14. The van der Waals surface area contributed by atoms with Crippen molar-refractivity contribution in [3.05, 3.63) is 0 Å². The molecule has 0 N–H and O–H groups in total. The fraction of sp³-hybridized carbons (Fsp3) is 1.00. The molecule has 58 valence electrons. The van der Waals surface area contributed by atoms with Crippen molar-refractivity contribution in [3.8, 4) is 0 Å². The maximum atomic E-state index is 5.60. The molecule has 0 aromatic carbocycles. The van der Waals surface area contributed by atoms with Crippen molar-refractivity contribution in [1.29, 1.82) is 0 Å². The molecule has 2 fully saturated rings. The third-order valence-electron chi connectivity index (χ3n) is 2.56. The Morgan fingerprint density at radius 1 is 1.10 bits per heavy atom. The lowest BCUT2D eigenvalue weighted by atomic mass is 9.95. The SMILES string of the molecule is C[C@@H]1O[C@H]2CC[C@H](C)[C@@H]1O2. The molecular weight excluding hydrogens is 128 g/mol. The maximum absolute atomic E-state index is 5.60. The van der Waals surface area contributed by atoms with E-state index in [1.54, 1.807) is 0 Å². The summed E-state index contributed by atoms with van der Waals surface area (Å²) in [4.78, 5) is 0. The third kappa shape index (κ3) is 0.867. The van der Waals surface area contributed by atoms with Crippen LogP contribution in [0.25, 0.3) is 0 Å². The van der Waals surface area contributed by atoms with E-state index >= 15 is 0 Å². The monoisotopic (exact) mass is 142 g/mol. The molecule has 2 heteroatoms. The van der Waals surface area contributed by atoms with Crippen molar-refractivity contribution < 1.29 is 9.47 Å². The van der Waals surface area contributed by atoms with Crippen molar-refractivity contribution in [1.82, 2.24) is 0 Å². The van der Waals surface area contributed by atoms with Crippen molar-refractivity contribution in [2.24, 2.45) is 5.92 Å². The second kappa shape index (κ2) is 2.21. The molecule has 2 aliphatic rings. The van der Waals surface area contributed by atoms with Crippen LogP contribution in [-0.2, 0) is 9.47 Å². The van der Waals surface area contributed by atoms with E-state index in [0.717, 1.165) is 6.42 Å². The second-order valence-electron chi connectivity index (χ2n) is 3.43. The highest BCUT2D eigenvalue weighted by Crippen LogP contribution is 2.34. The van der Waals surface area contributed by atoms with Gasteiger partial charge in [-0.3, -0.25) is 0 Å². The fourth-order valence-corrected chi connectivity index (χ4v) is 1.93. The summed E-state index contributed by atoms with van der Waals surface area (Å²) in [6, 6.07) is 0. The second-order valence-corrected chi connectivity index (χ2v) is 3.43. The maximum Gasteiger partial charge on any atom is 0.158 e. The smallest absolute Gasteiger partial charge is 0.158 e. The van der Waals surface area contributed by atoms with Crippen molar-refractivity contribution in [2.75, 3.05) is 0 Å². The zero-order valence-corrected chi connectivity index (χ0v) is 6.54. The molecule has 0 unspecified atom stereocenters. The van der Waals surface area contributed by atoms with E-state index in [1.165, 1.54) is 6.42 Å². The average Bonchev–Trinajstić information content (AvgIpc) is 2.21. The quantitative estimate of drug-likeness (QED) is 0.511. The Labute approximate surface area is 61.5 Å². The Bertz CT molecular complexity index is 131. The summed E-state index contributed by atoms with van der Waals surface area (Å²) >= 11 is 0. The first-order valence-electron chi connectivity index (χ1n) is 4.08. The highest BCUT2D eigenvalue weighted by molar-refractivity contribution is 4.83. The van der Waals surface area contributed by atoms with Gasteiger partial charge in [-0.2, -0.15) is 0 Å². The average molecular weight is 142 g/mol. The molecule has 2 saturated heterocycles. The molecular formula is C8H14O2. The Hall–Kier alpha value is -0.0800. The molecule has 2 bridgehead atoms. The van der Waals surface area contributed by atoms with Gasteiger partial charge in [-0.1, -0.05) is 6.92 Å². The summed E-state index contributed by atoms with van der Waals surface area (Å²) in [6.45, 7) is 4.35. The van der Waals surface area contributed by atoms with Crippen LogP contribution in [0.1, 0.15) is 26.7 Å². The number of hydrogen-bond acceptors (Lipinski definition) is 2. The summed E-state index contributed by atoms with van der Waals surface area (Å²) in [5.74, 6) is 0.689. The first-order chi connectivity index (χ1) is 4.77. The van der Waals surface area contributed by atoms with Crippen LogP contribution in [0.5, 0.6) is 0 Å². The summed E-state index contributed by atoms with van der Waals surface area (Å²) in [5, 5.41) is 0. The van der Waals surface area contributed by atoms with Gasteiger partial charge in [0.25, 0.3) is 0 Å². The Morgan fingerprint density at radius 3 is 2.60 bits per heavy atom. The molecule has 0 aromatic heterocycles. The number of ether oxygens (including phenoxy) is 2. The first kappa shape index (κ1) is 6.62. The Kier molecular flexibility index (Phi) is 1.46. The van der Waals surface area contributed by atoms with Crippen LogP contribution >= 0.6 is 0 Å². The minimum Gasteiger partial charge on any atom is -0.347 e. The minimum atomic E-state index is 0.121. The normalized spacial score (nSPS) is 53.4. The zero-order valence-electron chi connectivity index (χ0n) is 6.54. The van der Waals surface area contributed by atoms with Gasteiger partial charge in [-0.25, -0.2) is 0 Å². The van der Waals surface area contributed by atoms with Crippen molar-refractivity contribution in [3.63, 3.8) is 0 Å². The van der Waals surface area contributed by atoms with Gasteiger partial charge < -0.3 is 9.47 Å². The topological polar surface area (TPSA) is 18.5 Å². The third-order valence-corrected chi connectivity index (χ3v) is 2.56. The Morgan fingerprint density at radius 2 is 1.90 bits per heavy atom. The molecule has 2 aliphatic heterocycles. The van der Waals surface area contributed by atoms with Crippen LogP contribution in [-0.4, -0.2) is 18.5 Å². The van der Waals surface area contributed by atoms with E-state index in [0.29, 0.717) is 18.1 Å². The number of hydrogen-bond donors (Lipinski definition) is 0. The summed E-state index contributed by atoms with van der Waals surface area (Å²) in [5.41, 5.74) is 0. The lowest BCUT2D eigenvalue weighted by Crippen LogP contribution is -2.29. The van der Waals surface area contributed by atoms with Gasteiger partial charge in [-0.05, 0) is 25.7 Å². The molecule has 0 saturated carbocycles. The van der Waals surface area contributed by atoms with Crippen LogP contribution in [0.3, 0.4) is 0 Å². The Balaban J connectivity index is 2.10. The predicted molar refractivity (Wildman–Crippen MR) is 37.6 cm³/mol. The van der Waals surface area contributed by atoms with E-state index in [2.05, 4.69) is 13.8 Å². The van der Waals surface area contributed by atoms with Gasteiger partial charge in [0.1, 0.15) is 0 Å². The predicted octanol–water partition coefficient (Wildman–Crippen LogP) is 1.55. The van der Waals surface area contributed by atoms with Crippen LogP contribution in [0.15, 0.2) is 0 Å². The standard InChI is InChI=1S/C8H14O2/c1-5-3-4-7-9-6(2)8(5)10-7/h5-8H,3-4H2,1-2H3/t5-,6-,7+,8-/m0/s1. The fourth-order valence-electron chi connectivity index (χ4n) is 1.93. The minimum absolute atomic E-state index is 0.121. The van der Waals surface area contributed by atoms with Crippen LogP contribution in [0.4, 0.5) is 0 Å². The molecule has 0 aliphatic carbocycles. The van der Waals surface area contributed by atoms with Gasteiger partial charge in [0.15, 0.2) is 6.29 Å². The highest BCUT2D eigenvalue weighted by Gasteiger charge is 2.40. The van der Waals surface area contributed by atoms with Crippen LogP contribution in [0, 0.1) is 5.92 Å². The van der Waals surface area contributed by atoms with E-state index in [1.807, 2.05) is 0 Å². The van der Waals surface area contributed by atoms with Gasteiger partial charge in [-0.15, -0.1) is 0 Å². The molecule has 2 nitrogen and oxygen atoms in total. The van der Waals surface area contributed by atoms with Gasteiger partial charge in [0.05, 0.1) is 12.2 Å².